The zero-order valence-corrected chi connectivity index (χ0v) is 15.0. The van der Waals surface area contributed by atoms with Crippen LogP contribution in [0.5, 0.6) is 5.75 Å². The van der Waals surface area contributed by atoms with Crippen molar-refractivity contribution in [3.05, 3.63) is 47.5 Å². The maximum atomic E-state index is 12.0. The van der Waals surface area contributed by atoms with E-state index in [1.54, 1.807) is 36.4 Å². The number of ether oxygens (including phenoxy) is 1. The number of carbonyl (C=O) groups is 3. The molecule has 0 saturated heterocycles. The summed E-state index contributed by atoms with van der Waals surface area (Å²) in [5.74, 6) is -0.722. The summed E-state index contributed by atoms with van der Waals surface area (Å²) in [4.78, 5) is 35.0. The average molecular weight is 376 g/mol. The Labute approximate surface area is 155 Å². The van der Waals surface area contributed by atoms with E-state index in [-0.39, 0.29) is 12.3 Å². The third-order valence-corrected chi connectivity index (χ3v) is 3.48. The fourth-order valence-corrected chi connectivity index (χ4v) is 2.34. The number of nitrogens with one attached hydrogen (secondary N) is 3. The lowest BCUT2D eigenvalue weighted by atomic mass is 10.2. The minimum atomic E-state index is -0.502. The predicted molar refractivity (Wildman–Crippen MR) is 101 cm³/mol. The molecule has 0 aromatic heterocycles. The number of amides is 3. The fraction of sp³-hybridized carbons (Fsp3) is 0.167. The monoisotopic (exact) mass is 375 g/mol. The van der Waals surface area contributed by atoms with E-state index < -0.39 is 11.8 Å². The van der Waals surface area contributed by atoms with Crippen molar-refractivity contribution in [1.82, 2.24) is 0 Å². The molecule has 3 amide bonds. The molecule has 2 aromatic rings. The number of benzene rings is 2. The number of hydrogen-bond donors (Lipinski definition) is 3. The fourth-order valence-electron chi connectivity index (χ4n) is 2.16. The largest absolute Gasteiger partial charge is 0.495 e. The summed E-state index contributed by atoms with van der Waals surface area (Å²) in [6, 6.07) is 11.3. The first-order valence-electron chi connectivity index (χ1n) is 7.68. The molecule has 7 nitrogen and oxygen atoms in total. The van der Waals surface area contributed by atoms with Crippen LogP contribution in [0, 0.1) is 0 Å². The second-order valence-corrected chi connectivity index (χ2v) is 5.81. The average Bonchev–Trinajstić information content (AvgIpc) is 2.56. The van der Waals surface area contributed by atoms with E-state index in [2.05, 4.69) is 16.0 Å². The van der Waals surface area contributed by atoms with Gasteiger partial charge in [-0.05, 0) is 42.5 Å². The van der Waals surface area contributed by atoms with Gasteiger partial charge in [0.1, 0.15) is 12.2 Å². The number of hydrogen-bond acceptors (Lipinski definition) is 4. The molecule has 0 spiro atoms. The Balaban J connectivity index is 1.92. The Morgan fingerprint density at radius 3 is 2.08 bits per heavy atom. The van der Waals surface area contributed by atoms with E-state index in [0.717, 1.165) is 0 Å². The van der Waals surface area contributed by atoms with Gasteiger partial charge in [-0.2, -0.15) is 0 Å². The summed E-state index contributed by atoms with van der Waals surface area (Å²) >= 11 is 5.90. The highest BCUT2D eigenvalue weighted by molar-refractivity contribution is 6.31. The first-order chi connectivity index (χ1) is 12.4. The van der Waals surface area contributed by atoms with Gasteiger partial charge in [0.05, 0.1) is 12.8 Å². The van der Waals surface area contributed by atoms with Crippen molar-refractivity contribution in [3.63, 3.8) is 0 Å². The number of halogens is 1. The number of rotatable bonds is 6. The van der Waals surface area contributed by atoms with Gasteiger partial charge in [-0.3, -0.25) is 14.4 Å². The Morgan fingerprint density at radius 1 is 0.923 bits per heavy atom. The third-order valence-electron chi connectivity index (χ3n) is 3.25. The highest BCUT2D eigenvalue weighted by atomic mass is 35.5. The van der Waals surface area contributed by atoms with Crippen molar-refractivity contribution in [1.29, 1.82) is 0 Å². The molecular weight excluding hydrogens is 358 g/mol. The summed E-state index contributed by atoms with van der Waals surface area (Å²) in [7, 11) is 1.47. The van der Waals surface area contributed by atoms with Crippen molar-refractivity contribution in [2.24, 2.45) is 0 Å². The highest BCUT2D eigenvalue weighted by Crippen LogP contribution is 2.27. The van der Waals surface area contributed by atoms with Crippen LogP contribution in [-0.2, 0) is 14.4 Å². The van der Waals surface area contributed by atoms with Gasteiger partial charge >= 0.3 is 0 Å². The summed E-state index contributed by atoms with van der Waals surface area (Å²) < 4.78 is 5.14. The zero-order chi connectivity index (χ0) is 19.1. The molecule has 8 heteroatoms. The SMILES string of the molecule is COc1ccc(Cl)cc1NC(=O)CC(=O)Nc1ccc(NC(C)=O)cc1. The molecule has 0 aliphatic heterocycles. The molecule has 0 aliphatic rings. The van der Waals surface area contributed by atoms with Crippen molar-refractivity contribution in [2.75, 3.05) is 23.1 Å². The molecule has 136 valence electrons. The van der Waals surface area contributed by atoms with Crippen LogP contribution in [0.1, 0.15) is 13.3 Å². The Hall–Kier alpha value is -3.06. The van der Waals surface area contributed by atoms with Gasteiger partial charge in [0.25, 0.3) is 0 Å². The third kappa shape index (κ3) is 5.78. The van der Waals surface area contributed by atoms with E-state index in [4.69, 9.17) is 16.3 Å². The molecule has 3 N–H and O–H groups in total. The van der Waals surface area contributed by atoms with Crippen LogP contribution in [0.25, 0.3) is 0 Å². The van der Waals surface area contributed by atoms with Crippen molar-refractivity contribution in [3.8, 4) is 5.75 Å². The molecule has 2 rings (SSSR count). The molecule has 0 atom stereocenters. The van der Waals surface area contributed by atoms with Crippen molar-refractivity contribution in [2.45, 2.75) is 13.3 Å². The zero-order valence-electron chi connectivity index (χ0n) is 14.3. The first kappa shape index (κ1) is 19.3. The van der Waals surface area contributed by atoms with E-state index in [0.29, 0.717) is 27.8 Å². The summed E-state index contributed by atoms with van der Waals surface area (Å²) in [6.45, 7) is 1.41. The normalized spacial score (nSPS) is 9.96. The number of anilines is 3. The van der Waals surface area contributed by atoms with Gasteiger partial charge in [0.15, 0.2) is 0 Å². The number of carbonyl (C=O) groups excluding carboxylic acids is 3. The summed E-state index contributed by atoms with van der Waals surface area (Å²) in [5.41, 5.74) is 1.51. The minimum absolute atomic E-state index is 0.185. The van der Waals surface area contributed by atoms with Gasteiger partial charge < -0.3 is 20.7 Å². The maximum absolute atomic E-state index is 12.0. The van der Waals surface area contributed by atoms with Crippen molar-refractivity contribution >= 4 is 46.4 Å². The predicted octanol–water partition coefficient (Wildman–Crippen LogP) is 3.27. The van der Waals surface area contributed by atoms with Crippen LogP contribution >= 0.6 is 11.6 Å². The Kier molecular flexibility index (Phi) is 6.57. The highest BCUT2D eigenvalue weighted by Gasteiger charge is 2.13. The number of methoxy groups -OCH3 is 1. The molecule has 0 bridgehead atoms. The quantitative estimate of drug-likeness (QED) is 0.675. The Bertz CT molecular complexity index is 822. The summed E-state index contributed by atoms with van der Waals surface area (Å²) in [5, 5.41) is 8.26. The topological polar surface area (TPSA) is 96.5 Å². The lowest BCUT2D eigenvalue weighted by molar-refractivity contribution is -0.123. The van der Waals surface area contributed by atoms with Crippen LogP contribution in [-0.4, -0.2) is 24.8 Å². The second-order valence-electron chi connectivity index (χ2n) is 5.38. The molecule has 2 aromatic carbocycles. The van der Waals surface area contributed by atoms with Crippen LogP contribution < -0.4 is 20.7 Å². The first-order valence-corrected chi connectivity index (χ1v) is 8.06. The molecule has 26 heavy (non-hydrogen) atoms. The molecule has 0 saturated carbocycles. The van der Waals surface area contributed by atoms with Gasteiger partial charge in [-0.25, -0.2) is 0 Å². The lowest BCUT2D eigenvalue weighted by Gasteiger charge is -2.11. The molecule has 0 radical (unpaired) electrons. The standard InChI is InChI=1S/C18H18ClN3O4/c1-11(23)20-13-4-6-14(7-5-13)21-17(24)10-18(25)22-15-9-12(19)3-8-16(15)26-2/h3-9H,10H2,1-2H3,(H,20,23)(H,21,24)(H,22,25). The molecule has 0 fully saturated rings. The lowest BCUT2D eigenvalue weighted by Crippen LogP contribution is -2.21. The van der Waals surface area contributed by atoms with Crippen molar-refractivity contribution < 1.29 is 19.1 Å². The second kappa shape index (κ2) is 8.87. The maximum Gasteiger partial charge on any atom is 0.233 e. The van der Waals surface area contributed by atoms with E-state index in [1.165, 1.54) is 20.1 Å². The van der Waals surface area contributed by atoms with Crippen LogP contribution in [0.4, 0.5) is 17.1 Å². The van der Waals surface area contributed by atoms with Gasteiger partial charge in [0, 0.05) is 23.3 Å². The summed E-state index contributed by atoms with van der Waals surface area (Å²) in [6.07, 6.45) is -0.372. The van der Waals surface area contributed by atoms with E-state index in [9.17, 15) is 14.4 Å². The molecule has 0 aliphatic carbocycles. The van der Waals surface area contributed by atoms with Crippen LogP contribution in [0.2, 0.25) is 5.02 Å². The smallest absolute Gasteiger partial charge is 0.233 e. The van der Waals surface area contributed by atoms with Crippen LogP contribution in [0.15, 0.2) is 42.5 Å². The minimum Gasteiger partial charge on any atom is -0.495 e. The molecule has 0 unspecified atom stereocenters. The van der Waals surface area contributed by atoms with Gasteiger partial charge in [-0.15, -0.1) is 0 Å². The molecule has 0 heterocycles. The Morgan fingerprint density at radius 2 is 1.50 bits per heavy atom. The van der Waals surface area contributed by atoms with E-state index in [1.807, 2.05) is 0 Å². The van der Waals surface area contributed by atoms with Crippen LogP contribution in [0.3, 0.4) is 0 Å². The molecular formula is C18H18ClN3O4. The van der Waals surface area contributed by atoms with Gasteiger partial charge in [0.2, 0.25) is 17.7 Å². The van der Waals surface area contributed by atoms with Gasteiger partial charge in [-0.1, -0.05) is 11.6 Å². The van der Waals surface area contributed by atoms with E-state index >= 15 is 0 Å².